The van der Waals surface area contributed by atoms with E-state index in [1.807, 2.05) is 0 Å². The molecule has 0 aromatic heterocycles. The molecule has 1 aliphatic heterocycles. The molecule has 14 heavy (non-hydrogen) atoms. The molecule has 0 radical (unpaired) electrons. The van der Waals surface area contributed by atoms with Crippen LogP contribution >= 0.6 is 0 Å². The highest BCUT2D eigenvalue weighted by atomic mass is 14.9. The van der Waals surface area contributed by atoms with Crippen LogP contribution in [0.4, 0.5) is 0 Å². The van der Waals surface area contributed by atoms with E-state index in [1.54, 1.807) is 0 Å². The number of nitrogens with one attached hydrogen (secondary N) is 1. The van der Waals surface area contributed by atoms with Crippen molar-refractivity contribution >= 4 is 0 Å². The molecule has 1 aromatic rings. The van der Waals surface area contributed by atoms with Crippen LogP contribution in [0.1, 0.15) is 31.7 Å². The molecule has 0 spiro atoms. The second kappa shape index (κ2) is 7.57. The molecule has 1 nitrogen and oxygen atoms in total. The molecule has 1 heteroatoms. The fourth-order valence-corrected chi connectivity index (χ4v) is 1.56. The summed E-state index contributed by atoms with van der Waals surface area (Å²) in [4.78, 5) is 0. The zero-order valence-corrected chi connectivity index (χ0v) is 9.13. The Balaban J connectivity index is 0.000000165. The first-order valence-corrected chi connectivity index (χ1v) is 5.68. The SMILES string of the molecule is C1CCNC1.CCCc1ccccc1. The lowest BCUT2D eigenvalue weighted by Gasteiger charge is -1.93. The van der Waals surface area contributed by atoms with Gasteiger partial charge in [-0.15, -0.1) is 0 Å². The zero-order valence-electron chi connectivity index (χ0n) is 9.13. The molecule has 2 rings (SSSR count). The Kier molecular flexibility index (Phi) is 6.09. The van der Waals surface area contributed by atoms with Crippen molar-refractivity contribution in [3.8, 4) is 0 Å². The predicted octanol–water partition coefficient (Wildman–Crippen LogP) is 3.01. The minimum atomic E-state index is 1.21. The largest absolute Gasteiger partial charge is 0.317 e. The van der Waals surface area contributed by atoms with Crippen molar-refractivity contribution < 1.29 is 0 Å². The van der Waals surface area contributed by atoms with Gasteiger partial charge in [-0.1, -0.05) is 43.7 Å². The molecule has 0 amide bonds. The first-order chi connectivity index (χ1) is 6.93. The Morgan fingerprint density at radius 3 is 2.14 bits per heavy atom. The molecule has 1 aromatic carbocycles. The maximum Gasteiger partial charge on any atom is -0.00484 e. The lowest BCUT2D eigenvalue weighted by Crippen LogP contribution is -2.03. The monoisotopic (exact) mass is 191 g/mol. The van der Waals surface area contributed by atoms with Crippen LogP contribution in [0.5, 0.6) is 0 Å². The molecule has 0 atom stereocenters. The Morgan fingerprint density at radius 2 is 1.71 bits per heavy atom. The number of rotatable bonds is 2. The highest BCUT2D eigenvalue weighted by Gasteiger charge is 1.93. The van der Waals surface area contributed by atoms with E-state index in [-0.39, 0.29) is 0 Å². The van der Waals surface area contributed by atoms with Crippen LogP contribution in [0.2, 0.25) is 0 Å². The van der Waals surface area contributed by atoms with E-state index in [1.165, 1.54) is 44.3 Å². The van der Waals surface area contributed by atoms with Crippen molar-refractivity contribution in [1.82, 2.24) is 5.32 Å². The third-order valence-corrected chi connectivity index (χ3v) is 2.34. The van der Waals surface area contributed by atoms with E-state index in [2.05, 4.69) is 42.6 Å². The topological polar surface area (TPSA) is 12.0 Å². The van der Waals surface area contributed by atoms with Crippen LogP contribution in [0.25, 0.3) is 0 Å². The van der Waals surface area contributed by atoms with E-state index in [9.17, 15) is 0 Å². The lowest BCUT2D eigenvalue weighted by atomic mass is 10.1. The van der Waals surface area contributed by atoms with Crippen molar-refractivity contribution in [1.29, 1.82) is 0 Å². The number of hydrogen-bond donors (Lipinski definition) is 1. The molecule has 1 saturated heterocycles. The fourth-order valence-electron chi connectivity index (χ4n) is 1.56. The molecule has 0 bridgehead atoms. The van der Waals surface area contributed by atoms with E-state index in [0.29, 0.717) is 0 Å². The highest BCUT2D eigenvalue weighted by Crippen LogP contribution is 2.00. The van der Waals surface area contributed by atoms with Crippen molar-refractivity contribution in [2.45, 2.75) is 32.6 Å². The van der Waals surface area contributed by atoms with Crippen LogP contribution in [0, 0.1) is 0 Å². The Labute approximate surface area is 87.5 Å². The molecule has 0 aliphatic carbocycles. The molecule has 0 unspecified atom stereocenters. The van der Waals surface area contributed by atoms with Crippen molar-refractivity contribution in [2.24, 2.45) is 0 Å². The van der Waals surface area contributed by atoms with Gasteiger partial charge in [-0.05, 0) is 37.9 Å². The second-order valence-corrected chi connectivity index (χ2v) is 3.69. The van der Waals surface area contributed by atoms with Crippen molar-refractivity contribution in [2.75, 3.05) is 13.1 Å². The quantitative estimate of drug-likeness (QED) is 0.757. The van der Waals surface area contributed by atoms with Crippen LogP contribution in [0.3, 0.4) is 0 Å². The summed E-state index contributed by atoms with van der Waals surface area (Å²) in [6.07, 6.45) is 5.23. The zero-order chi connectivity index (χ0) is 10.1. The minimum Gasteiger partial charge on any atom is -0.317 e. The van der Waals surface area contributed by atoms with Crippen LogP contribution in [-0.2, 0) is 6.42 Å². The molecule has 78 valence electrons. The average Bonchev–Trinajstić information content (AvgIpc) is 2.78. The van der Waals surface area contributed by atoms with Gasteiger partial charge in [0.25, 0.3) is 0 Å². The maximum atomic E-state index is 3.22. The van der Waals surface area contributed by atoms with E-state index >= 15 is 0 Å². The summed E-state index contributed by atoms with van der Waals surface area (Å²) in [6, 6.07) is 10.6. The summed E-state index contributed by atoms with van der Waals surface area (Å²) in [5, 5.41) is 3.22. The summed E-state index contributed by atoms with van der Waals surface area (Å²) >= 11 is 0. The Morgan fingerprint density at radius 1 is 1.07 bits per heavy atom. The molecule has 0 saturated carbocycles. The van der Waals surface area contributed by atoms with Gasteiger partial charge in [0.1, 0.15) is 0 Å². The molecule has 1 N–H and O–H groups in total. The lowest BCUT2D eigenvalue weighted by molar-refractivity contribution is 0.857. The van der Waals surface area contributed by atoms with Gasteiger partial charge in [0.2, 0.25) is 0 Å². The maximum absolute atomic E-state index is 3.22. The molecular formula is C13H21N. The van der Waals surface area contributed by atoms with E-state index < -0.39 is 0 Å². The van der Waals surface area contributed by atoms with Gasteiger partial charge < -0.3 is 5.32 Å². The van der Waals surface area contributed by atoms with Gasteiger partial charge in [-0.3, -0.25) is 0 Å². The second-order valence-electron chi connectivity index (χ2n) is 3.69. The third-order valence-electron chi connectivity index (χ3n) is 2.34. The van der Waals surface area contributed by atoms with Gasteiger partial charge >= 0.3 is 0 Å². The fraction of sp³-hybridized carbons (Fsp3) is 0.538. The molecule has 1 aliphatic rings. The predicted molar refractivity (Wildman–Crippen MR) is 62.5 cm³/mol. The summed E-state index contributed by atoms with van der Waals surface area (Å²) in [5.74, 6) is 0. The standard InChI is InChI=1S/C9H12.C4H9N/c1-2-6-9-7-4-3-5-8-9;1-2-4-5-3-1/h3-5,7-8H,2,6H2,1H3;5H,1-4H2. The third kappa shape index (κ3) is 5.03. The molecule has 1 fully saturated rings. The summed E-state index contributed by atoms with van der Waals surface area (Å²) in [7, 11) is 0. The van der Waals surface area contributed by atoms with Crippen LogP contribution in [0.15, 0.2) is 30.3 Å². The average molecular weight is 191 g/mol. The summed E-state index contributed by atoms with van der Waals surface area (Å²) < 4.78 is 0. The van der Waals surface area contributed by atoms with Gasteiger partial charge in [-0.25, -0.2) is 0 Å². The van der Waals surface area contributed by atoms with Crippen LogP contribution in [-0.4, -0.2) is 13.1 Å². The van der Waals surface area contributed by atoms with Gasteiger partial charge in [0, 0.05) is 0 Å². The normalized spacial score (nSPS) is 14.6. The van der Waals surface area contributed by atoms with Crippen molar-refractivity contribution in [3.63, 3.8) is 0 Å². The number of hydrogen-bond acceptors (Lipinski definition) is 1. The minimum absolute atomic E-state index is 1.21. The smallest absolute Gasteiger partial charge is 0.00484 e. The first-order valence-electron chi connectivity index (χ1n) is 5.68. The first kappa shape index (κ1) is 11.3. The summed E-state index contributed by atoms with van der Waals surface area (Å²) in [5.41, 5.74) is 1.44. The Hall–Kier alpha value is -0.820. The van der Waals surface area contributed by atoms with E-state index in [4.69, 9.17) is 0 Å². The molecular weight excluding hydrogens is 170 g/mol. The summed E-state index contributed by atoms with van der Waals surface area (Å²) in [6.45, 7) is 4.70. The van der Waals surface area contributed by atoms with Crippen LogP contribution < -0.4 is 5.32 Å². The number of aryl methyl sites for hydroxylation is 1. The van der Waals surface area contributed by atoms with Gasteiger partial charge in [-0.2, -0.15) is 0 Å². The number of benzene rings is 1. The van der Waals surface area contributed by atoms with Crippen molar-refractivity contribution in [3.05, 3.63) is 35.9 Å². The Bertz CT molecular complexity index is 206. The van der Waals surface area contributed by atoms with Gasteiger partial charge in [0.05, 0.1) is 0 Å². The van der Waals surface area contributed by atoms with E-state index in [0.717, 1.165) is 0 Å². The highest BCUT2D eigenvalue weighted by molar-refractivity contribution is 5.14. The molecule has 1 heterocycles. The van der Waals surface area contributed by atoms with Gasteiger partial charge in [0.15, 0.2) is 0 Å².